The van der Waals surface area contributed by atoms with Gasteiger partial charge >= 0.3 is 0 Å². The number of benzene rings is 1. The molecule has 0 bridgehead atoms. The summed E-state index contributed by atoms with van der Waals surface area (Å²) in [7, 11) is 0. The number of amides is 1. The first-order valence-electron chi connectivity index (χ1n) is 5.44. The summed E-state index contributed by atoms with van der Waals surface area (Å²) in [4.78, 5) is 11.6. The summed E-state index contributed by atoms with van der Waals surface area (Å²) in [6.07, 6.45) is 1.62. The molecule has 0 radical (unpaired) electrons. The van der Waals surface area contributed by atoms with E-state index in [0.29, 0.717) is 16.8 Å². The minimum atomic E-state index is -0.531. The minimum absolute atomic E-state index is 0.0559. The summed E-state index contributed by atoms with van der Waals surface area (Å²) in [5.41, 5.74) is 1.23. The van der Waals surface area contributed by atoms with Crippen LogP contribution in [0, 0.1) is 18.3 Å². The van der Waals surface area contributed by atoms with E-state index < -0.39 is 5.91 Å². The molecule has 5 nitrogen and oxygen atoms in total. The van der Waals surface area contributed by atoms with Gasteiger partial charge in [0.15, 0.2) is 0 Å². The van der Waals surface area contributed by atoms with Crippen LogP contribution in [0.5, 0.6) is 5.75 Å². The quantitative estimate of drug-likeness (QED) is 0.673. The van der Waals surface area contributed by atoms with Gasteiger partial charge in [0.05, 0.1) is 17.5 Å². The van der Waals surface area contributed by atoms with Crippen LogP contribution in [-0.4, -0.2) is 11.0 Å². The standard InChI is InChI=1S/C13H12ClN3O2/c1-8(4-3-5-15)13(19)17-16-11-6-9(2)12(18)7-10(11)14/h4,6-7,18H,3H2,1-2H3/b8-4+,17-16?. The summed E-state index contributed by atoms with van der Waals surface area (Å²) >= 11 is 5.87. The Labute approximate surface area is 115 Å². The molecule has 1 aromatic carbocycles. The lowest BCUT2D eigenvalue weighted by molar-refractivity contribution is -0.114. The third-order valence-electron chi connectivity index (χ3n) is 2.35. The molecule has 0 aliphatic carbocycles. The summed E-state index contributed by atoms with van der Waals surface area (Å²) in [6.45, 7) is 3.24. The second kappa shape index (κ2) is 6.66. The van der Waals surface area contributed by atoms with Gasteiger partial charge in [-0.25, -0.2) is 0 Å². The SMILES string of the molecule is C/C(=C\CC#N)C(=O)N=Nc1cc(C)c(O)cc1Cl. The number of hydrogen-bond acceptors (Lipinski definition) is 4. The van der Waals surface area contributed by atoms with Gasteiger partial charge in [-0.15, -0.1) is 10.2 Å². The van der Waals surface area contributed by atoms with Crippen molar-refractivity contribution in [2.45, 2.75) is 20.3 Å². The van der Waals surface area contributed by atoms with E-state index in [1.165, 1.54) is 18.2 Å². The van der Waals surface area contributed by atoms with Crippen molar-refractivity contribution in [3.8, 4) is 11.8 Å². The number of nitrogens with zero attached hydrogens (tertiary/aromatic N) is 3. The fourth-order valence-corrected chi connectivity index (χ4v) is 1.39. The molecule has 0 unspecified atom stereocenters. The molecule has 1 rings (SSSR count). The topological polar surface area (TPSA) is 85.8 Å². The Balaban J connectivity index is 2.91. The monoisotopic (exact) mass is 277 g/mol. The smallest absolute Gasteiger partial charge is 0.290 e. The maximum Gasteiger partial charge on any atom is 0.290 e. The number of hydrogen-bond donors (Lipinski definition) is 1. The van der Waals surface area contributed by atoms with Crippen LogP contribution in [0.2, 0.25) is 5.02 Å². The van der Waals surface area contributed by atoms with E-state index in [1.807, 2.05) is 6.07 Å². The zero-order chi connectivity index (χ0) is 14.4. The number of phenols is 1. The molecule has 0 aromatic heterocycles. The van der Waals surface area contributed by atoms with E-state index in [1.54, 1.807) is 13.8 Å². The predicted octanol–water partition coefficient (Wildman–Crippen LogP) is 3.82. The van der Waals surface area contributed by atoms with E-state index >= 15 is 0 Å². The summed E-state index contributed by atoms with van der Waals surface area (Å²) in [5, 5.41) is 25.3. The van der Waals surface area contributed by atoms with Crippen molar-refractivity contribution in [3.05, 3.63) is 34.4 Å². The van der Waals surface area contributed by atoms with Gasteiger partial charge < -0.3 is 5.11 Å². The van der Waals surface area contributed by atoms with Crippen LogP contribution in [-0.2, 0) is 4.79 Å². The van der Waals surface area contributed by atoms with Gasteiger partial charge in [0.2, 0.25) is 0 Å². The fraction of sp³-hybridized carbons (Fsp3) is 0.231. The molecule has 0 saturated heterocycles. The van der Waals surface area contributed by atoms with Gasteiger partial charge in [0.25, 0.3) is 5.91 Å². The number of carbonyl (C=O) groups is 1. The van der Waals surface area contributed by atoms with Gasteiger partial charge in [-0.2, -0.15) is 5.26 Å². The number of aryl methyl sites for hydroxylation is 1. The largest absolute Gasteiger partial charge is 0.508 e. The Bertz CT molecular complexity index is 601. The molecule has 0 spiro atoms. The highest BCUT2D eigenvalue weighted by Gasteiger charge is 2.06. The number of nitriles is 1. The Morgan fingerprint density at radius 1 is 1.58 bits per heavy atom. The third-order valence-corrected chi connectivity index (χ3v) is 2.65. The predicted molar refractivity (Wildman–Crippen MR) is 71.4 cm³/mol. The van der Waals surface area contributed by atoms with E-state index in [2.05, 4.69) is 10.2 Å². The summed E-state index contributed by atoms with van der Waals surface area (Å²) < 4.78 is 0. The molecule has 0 atom stereocenters. The van der Waals surface area contributed by atoms with Crippen molar-refractivity contribution in [1.82, 2.24) is 0 Å². The zero-order valence-electron chi connectivity index (χ0n) is 10.5. The van der Waals surface area contributed by atoms with Crippen LogP contribution in [0.1, 0.15) is 18.9 Å². The highest BCUT2D eigenvalue weighted by Crippen LogP contribution is 2.31. The van der Waals surface area contributed by atoms with Crippen LogP contribution in [0.25, 0.3) is 0 Å². The van der Waals surface area contributed by atoms with Crippen LogP contribution in [0.3, 0.4) is 0 Å². The molecule has 0 aliphatic heterocycles. The first-order valence-corrected chi connectivity index (χ1v) is 5.82. The highest BCUT2D eigenvalue weighted by molar-refractivity contribution is 6.33. The van der Waals surface area contributed by atoms with Crippen molar-refractivity contribution in [1.29, 1.82) is 5.26 Å². The Hall–Kier alpha value is -2.19. The van der Waals surface area contributed by atoms with Gasteiger partial charge in [-0.3, -0.25) is 4.79 Å². The Morgan fingerprint density at radius 3 is 2.89 bits per heavy atom. The van der Waals surface area contributed by atoms with Gasteiger partial charge in [-0.1, -0.05) is 17.7 Å². The van der Waals surface area contributed by atoms with Crippen molar-refractivity contribution in [3.63, 3.8) is 0 Å². The molecule has 19 heavy (non-hydrogen) atoms. The lowest BCUT2D eigenvalue weighted by atomic mass is 10.2. The zero-order valence-corrected chi connectivity index (χ0v) is 11.3. The van der Waals surface area contributed by atoms with Gasteiger partial charge in [0.1, 0.15) is 11.4 Å². The van der Waals surface area contributed by atoms with Crippen LogP contribution in [0.4, 0.5) is 5.69 Å². The number of aromatic hydroxyl groups is 1. The first-order chi connectivity index (χ1) is 8.95. The maximum absolute atomic E-state index is 11.6. The second-order valence-corrected chi connectivity index (χ2v) is 4.25. The number of phenolic OH excluding ortho intramolecular Hbond substituents is 1. The number of allylic oxidation sites excluding steroid dienone is 1. The third kappa shape index (κ3) is 4.19. The summed E-state index contributed by atoms with van der Waals surface area (Å²) in [5.74, 6) is -0.475. The van der Waals surface area contributed by atoms with E-state index in [4.69, 9.17) is 16.9 Å². The average molecular weight is 278 g/mol. The first kappa shape index (κ1) is 14.9. The molecular weight excluding hydrogens is 266 g/mol. The minimum Gasteiger partial charge on any atom is -0.508 e. The normalized spacial score (nSPS) is 11.6. The van der Waals surface area contributed by atoms with E-state index in [-0.39, 0.29) is 17.2 Å². The lowest BCUT2D eigenvalue weighted by Crippen LogP contribution is -1.93. The Morgan fingerprint density at radius 2 is 2.26 bits per heavy atom. The molecule has 1 amide bonds. The van der Waals surface area contributed by atoms with Gasteiger partial charge in [0, 0.05) is 11.6 Å². The number of halogens is 1. The molecule has 0 aliphatic rings. The maximum atomic E-state index is 11.6. The second-order valence-electron chi connectivity index (χ2n) is 3.84. The lowest BCUT2D eigenvalue weighted by Gasteiger charge is -2.01. The van der Waals surface area contributed by atoms with Gasteiger partial charge in [-0.05, 0) is 25.5 Å². The highest BCUT2D eigenvalue weighted by atomic mass is 35.5. The molecular formula is C13H12ClN3O2. The number of rotatable bonds is 3. The van der Waals surface area contributed by atoms with Crippen molar-refractivity contribution < 1.29 is 9.90 Å². The fourth-order valence-electron chi connectivity index (χ4n) is 1.20. The van der Waals surface area contributed by atoms with E-state index in [9.17, 15) is 9.90 Å². The van der Waals surface area contributed by atoms with Crippen LogP contribution >= 0.6 is 11.6 Å². The van der Waals surface area contributed by atoms with Crippen LogP contribution < -0.4 is 0 Å². The molecule has 6 heteroatoms. The number of carbonyl (C=O) groups excluding carboxylic acids is 1. The summed E-state index contributed by atoms with van der Waals surface area (Å²) in [6, 6.07) is 4.77. The average Bonchev–Trinajstić information content (AvgIpc) is 2.38. The van der Waals surface area contributed by atoms with Crippen LogP contribution in [0.15, 0.2) is 34.0 Å². The number of azo groups is 1. The molecule has 1 N–H and O–H groups in total. The molecule has 1 aromatic rings. The molecule has 0 saturated carbocycles. The molecule has 0 fully saturated rings. The van der Waals surface area contributed by atoms with Crippen molar-refractivity contribution >= 4 is 23.2 Å². The van der Waals surface area contributed by atoms with E-state index in [0.717, 1.165) is 0 Å². The molecule has 98 valence electrons. The Kier molecular flexibility index (Phi) is 5.22. The van der Waals surface area contributed by atoms with Crippen molar-refractivity contribution in [2.24, 2.45) is 10.2 Å². The molecule has 0 heterocycles. The van der Waals surface area contributed by atoms with Crippen molar-refractivity contribution in [2.75, 3.05) is 0 Å².